The molecular formula is C46H93NO3. The fraction of sp³-hybridized carbons (Fsp3) is 0.978. The van der Waals surface area contributed by atoms with E-state index in [0.29, 0.717) is 12.8 Å². The lowest BCUT2D eigenvalue weighted by Gasteiger charge is -2.22. The van der Waals surface area contributed by atoms with Crippen molar-refractivity contribution in [2.24, 2.45) is 0 Å². The van der Waals surface area contributed by atoms with Crippen LogP contribution in [0.15, 0.2) is 0 Å². The molecule has 0 aromatic rings. The lowest BCUT2D eigenvalue weighted by atomic mass is 10.0. The van der Waals surface area contributed by atoms with Crippen LogP contribution in [-0.4, -0.2) is 34.9 Å². The Bertz CT molecular complexity index is 641. The molecule has 2 unspecified atom stereocenters. The third-order valence-corrected chi connectivity index (χ3v) is 11.1. The summed E-state index contributed by atoms with van der Waals surface area (Å²) < 4.78 is 0. The van der Waals surface area contributed by atoms with Crippen LogP contribution in [0.4, 0.5) is 0 Å². The summed E-state index contributed by atoms with van der Waals surface area (Å²) in [6.07, 6.45) is 52.9. The fourth-order valence-corrected chi connectivity index (χ4v) is 7.54. The Balaban J connectivity index is 3.22. The second-order valence-electron chi connectivity index (χ2n) is 16.2. The quantitative estimate of drug-likeness (QED) is 0.0553. The number of nitrogens with one attached hydrogen (secondary N) is 1. The number of hydrogen-bond donors (Lipinski definition) is 3. The van der Waals surface area contributed by atoms with Crippen molar-refractivity contribution in [3.8, 4) is 0 Å². The Kier molecular flexibility index (Phi) is 42.3. The predicted octanol–water partition coefficient (Wildman–Crippen LogP) is 14.5. The molecule has 0 heterocycles. The van der Waals surface area contributed by atoms with Gasteiger partial charge in [-0.25, -0.2) is 0 Å². The second kappa shape index (κ2) is 42.8. The Morgan fingerprint density at radius 2 is 0.640 bits per heavy atom. The minimum Gasteiger partial charge on any atom is -0.394 e. The molecule has 0 fully saturated rings. The molecule has 0 spiro atoms. The van der Waals surface area contributed by atoms with Gasteiger partial charge >= 0.3 is 0 Å². The Morgan fingerprint density at radius 3 is 0.900 bits per heavy atom. The van der Waals surface area contributed by atoms with Crippen LogP contribution in [0.1, 0.15) is 271 Å². The zero-order valence-electron chi connectivity index (χ0n) is 34.4. The van der Waals surface area contributed by atoms with Gasteiger partial charge in [0.25, 0.3) is 0 Å². The van der Waals surface area contributed by atoms with Crippen LogP contribution < -0.4 is 5.32 Å². The van der Waals surface area contributed by atoms with E-state index in [4.69, 9.17) is 0 Å². The van der Waals surface area contributed by atoms with Gasteiger partial charge in [0.1, 0.15) is 0 Å². The highest BCUT2D eigenvalue weighted by Gasteiger charge is 2.19. The van der Waals surface area contributed by atoms with Gasteiger partial charge in [0.15, 0.2) is 0 Å². The molecule has 300 valence electrons. The van der Waals surface area contributed by atoms with Crippen molar-refractivity contribution in [1.29, 1.82) is 0 Å². The molecule has 0 bridgehead atoms. The van der Waals surface area contributed by atoms with Crippen molar-refractivity contribution in [2.75, 3.05) is 6.61 Å². The van der Waals surface area contributed by atoms with Crippen LogP contribution in [0.5, 0.6) is 0 Å². The van der Waals surface area contributed by atoms with E-state index in [1.165, 1.54) is 212 Å². The summed E-state index contributed by atoms with van der Waals surface area (Å²) in [7, 11) is 0. The first-order valence-electron chi connectivity index (χ1n) is 23.2. The standard InChI is InChI=1S/C46H93NO3/c1-3-5-7-8-9-10-11-12-13-14-15-16-17-18-19-20-21-22-23-24-25-26-27-28-29-30-31-32-33-34-35-36-37-38-40-42-46(50)47-44(43-48)45(49)41-39-6-4-2/h44-45,48-49H,3-43H2,1-2H3,(H,47,50). The molecule has 2 atom stereocenters. The number of hydrogen-bond acceptors (Lipinski definition) is 3. The van der Waals surface area contributed by atoms with Gasteiger partial charge in [0, 0.05) is 6.42 Å². The molecule has 0 rings (SSSR count). The van der Waals surface area contributed by atoms with Crippen molar-refractivity contribution in [1.82, 2.24) is 5.32 Å². The van der Waals surface area contributed by atoms with Crippen LogP contribution in [0.2, 0.25) is 0 Å². The number of rotatable bonds is 43. The molecule has 0 aromatic carbocycles. The molecular weight excluding hydrogens is 615 g/mol. The first-order chi connectivity index (χ1) is 24.7. The highest BCUT2D eigenvalue weighted by molar-refractivity contribution is 5.76. The molecule has 0 saturated heterocycles. The van der Waals surface area contributed by atoms with Gasteiger partial charge in [-0.15, -0.1) is 0 Å². The summed E-state index contributed by atoms with van der Waals surface area (Å²) in [5.74, 6) is -0.0374. The number of carbonyl (C=O) groups excluding carboxylic acids is 1. The fourth-order valence-electron chi connectivity index (χ4n) is 7.54. The lowest BCUT2D eigenvalue weighted by Crippen LogP contribution is -2.45. The molecule has 0 aromatic heterocycles. The first-order valence-corrected chi connectivity index (χ1v) is 23.2. The van der Waals surface area contributed by atoms with Crippen LogP contribution in [0.3, 0.4) is 0 Å². The van der Waals surface area contributed by atoms with E-state index in [1.807, 2.05) is 0 Å². The van der Waals surface area contributed by atoms with Crippen LogP contribution >= 0.6 is 0 Å². The van der Waals surface area contributed by atoms with E-state index in [0.717, 1.165) is 32.1 Å². The van der Waals surface area contributed by atoms with Gasteiger partial charge in [-0.2, -0.15) is 0 Å². The minimum atomic E-state index is -0.650. The first kappa shape index (κ1) is 49.4. The number of aliphatic hydroxyl groups excluding tert-OH is 2. The minimum absolute atomic E-state index is 0.0374. The molecule has 50 heavy (non-hydrogen) atoms. The van der Waals surface area contributed by atoms with Crippen molar-refractivity contribution >= 4 is 5.91 Å². The third kappa shape index (κ3) is 38.6. The smallest absolute Gasteiger partial charge is 0.220 e. The van der Waals surface area contributed by atoms with Crippen molar-refractivity contribution in [3.63, 3.8) is 0 Å². The zero-order valence-corrected chi connectivity index (χ0v) is 34.4. The average Bonchev–Trinajstić information content (AvgIpc) is 3.12. The molecule has 4 nitrogen and oxygen atoms in total. The van der Waals surface area contributed by atoms with Gasteiger partial charge in [-0.05, 0) is 12.8 Å². The summed E-state index contributed by atoms with van der Waals surface area (Å²) in [5.41, 5.74) is 0. The van der Waals surface area contributed by atoms with E-state index in [2.05, 4.69) is 19.2 Å². The maximum atomic E-state index is 12.2. The van der Waals surface area contributed by atoms with Gasteiger partial charge in [-0.3, -0.25) is 4.79 Å². The number of amides is 1. The largest absolute Gasteiger partial charge is 0.394 e. The molecule has 1 amide bonds. The molecule has 4 heteroatoms. The van der Waals surface area contributed by atoms with E-state index in [-0.39, 0.29) is 12.5 Å². The van der Waals surface area contributed by atoms with E-state index in [9.17, 15) is 15.0 Å². The van der Waals surface area contributed by atoms with E-state index < -0.39 is 12.1 Å². The Labute approximate surface area is 314 Å². The molecule has 0 radical (unpaired) electrons. The normalized spacial score (nSPS) is 12.8. The lowest BCUT2D eigenvalue weighted by molar-refractivity contribution is -0.123. The Morgan fingerprint density at radius 1 is 0.400 bits per heavy atom. The van der Waals surface area contributed by atoms with Crippen LogP contribution in [0.25, 0.3) is 0 Å². The highest BCUT2D eigenvalue weighted by Crippen LogP contribution is 2.17. The van der Waals surface area contributed by atoms with Crippen molar-refractivity contribution < 1.29 is 15.0 Å². The molecule has 0 aliphatic heterocycles. The highest BCUT2D eigenvalue weighted by atomic mass is 16.3. The van der Waals surface area contributed by atoms with E-state index in [1.54, 1.807) is 0 Å². The summed E-state index contributed by atoms with van der Waals surface area (Å²) >= 11 is 0. The van der Waals surface area contributed by atoms with Crippen molar-refractivity contribution in [2.45, 2.75) is 283 Å². The Hall–Kier alpha value is -0.610. The molecule has 3 N–H and O–H groups in total. The summed E-state index contributed by atoms with van der Waals surface area (Å²) in [4.78, 5) is 12.2. The summed E-state index contributed by atoms with van der Waals surface area (Å²) in [6, 6.07) is -0.526. The van der Waals surface area contributed by atoms with Gasteiger partial charge < -0.3 is 15.5 Å². The maximum Gasteiger partial charge on any atom is 0.220 e. The predicted molar refractivity (Wildman–Crippen MR) is 221 cm³/mol. The van der Waals surface area contributed by atoms with Crippen LogP contribution in [-0.2, 0) is 4.79 Å². The topological polar surface area (TPSA) is 69.6 Å². The van der Waals surface area contributed by atoms with Crippen LogP contribution in [0, 0.1) is 0 Å². The third-order valence-electron chi connectivity index (χ3n) is 11.1. The summed E-state index contributed by atoms with van der Waals surface area (Å²) in [5, 5.41) is 22.6. The van der Waals surface area contributed by atoms with Gasteiger partial charge in [0.05, 0.1) is 18.8 Å². The molecule has 0 aliphatic rings. The molecule has 0 saturated carbocycles. The monoisotopic (exact) mass is 708 g/mol. The maximum absolute atomic E-state index is 12.2. The van der Waals surface area contributed by atoms with Gasteiger partial charge in [-0.1, -0.05) is 251 Å². The molecule has 0 aliphatic carbocycles. The zero-order chi connectivity index (χ0) is 36.4. The van der Waals surface area contributed by atoms with Crippen molar-refractivity contribution in [3.05, 3.63) is 0 Å². The van der Waals surface area contributed by atoms with Gasteiger partial charge in [0.2, 0.25) is 5.91 Å². The second-order valence-corrected chi connectivity index (χ2v) is 16.2. The average molecular weight is 708 g/mol. The number of aliphatic hydroxyl groups is 2. The SMILES string of the molecule is CCCCCCCCCCCCCCCCCCCCCCCCCCCCCCCCCCCCCC(=O)NC(CO)C(O)CCCCC. The summed E-state index contributed by atoms with van der Waals surface area (Å²) in [6.45, 7) is 4.24. The number of carbonyl (C=O) groups is 1. The van der Waals surface area contributed by atoms with E-state index >= 15 is 0 Å². The number of unbranched alkanes of at least 4 members (excludes halogenated alkanes) is 36.